The molecule has 1 atom stereocenters. The van der Waals surface area contributed by atoms with Crippen LogP contribution in [0.2, 0.25) is 0 Å². The summed E-state index contributed by atoms with van der Waals surface area (Å²) in [4.78, 5) is 43.6. The number of amides is 1. The third kappa shape index (κ3) is 3.03. The summed E-state index contributed by atoms with van der Waals surface area (Å²) >= 11 is 0. The smallest absolute Gasteiger partial charge is 0.307 e. The van der Waals surface area contributed by atoms with E-state index in [1.165, 1.54) is 0 Å². The number of aliphatic carboxylic acids is 1. The molecule has 3 heterocycles. The number of carbonyl (C=O) groups excluding carboxylic acids is 1. The summed E-state index contributed by atoms with van der Waals surface area (Å²) in [6, 6.07) is 5.19. The van der Waals surface area contributed by atoms with Gasteiger partial charge in [-0.15, -0.1) is 0 Å². The predicted octanol–water partition coefficient (Wildman–Crippen LogP) is 2.45. The molecule has 7 nitrogen and oxygen atoms in total. The monoisotopic (exact) mass is 395 g/mol. The summed E-state index contributed by atoms with van der Waals surface area (Å²) in [5.41, 5.74) is 1.03. The van der Waals surface area contributed by atoms with Crippen molar-refractivity contribution in [3.8, 4) is 0 Å². The maximum Gasteiger partial charge on any atom is 0.307 e. The number of nitrogens with zero attached hydrogens (tertiary/aromatic N) is 3. The number of carbonyl (C=O) groups is 2. The molecule has 0 bridgehead atoms. The van der Waals surface area contributed by atoms with Crippen molar-refractivity contribution in [2.45, 2.75) is 51.5 Å². The Labute approximate surface area is 168 Å². The predicted molar refractivity (Wildman–Crippen MR) is 107 cm³/mol. The van der Waals surface area contributed by atoms with Crippen LogP contribution in [0.1, 0.15) is 54.7 Å². The summed E-state index contributed by atoms with van der Waals surface area (Å²) in [6.07, 6.45) is 6.15. The number of piperidine rings is 1. The van der Waals surface area contributed by atoms with E-state index in [1.807, 2.05) is 0 Å². The van der Waals surface area contributed by atoms with Gasteiger partial charge in [-0.05, 0) is 55.7 Å². The summed E-state index contributed by atoms with van der Waals surface area (Å²) in [6.45, 7) is 1.88. The molecule has 5 rings (SSSR count). The van der Waals surface area contributed by atoms with Gasteiger partial charge in [0, 0.05) is 31.6 Å². The molecule has 2 fully saturated rings. The van der Waals surface area contributed by atoms with Crippen molar-refractivity contribution < 1.29 is 14.7 Å². The lowest BCUT2D eigenvalue weighted by Gasteiger charge is -2.32. The molecule has 7 heteroatoms. The van der Waals surface area contributed by atoms with Gasteiger partial charge in [-0.3, -0.25) is 19.0 Å². The van der Waals surface area contributed by atoms with Crippen LogP contribution in [0.3, 0.4) is 0 Å². The summed E-state index contributed by atoms with van der Waals surface area (Å²) in [5, 5.41) is 9.80. The maximum absolute atomic E-state index is 13.0. The molecule has 1 amide bonds. The second kappa shape index (κ2) is 6.68. The Morgan fingerprint density at radius 3 is 2.62 bits per heavy atom. The molecule has 1 saturated carbocycles. The average molecular weight is 395 g/mol. The highest BCUT2D eigenvalue weighted by Gasteiger charge is 2.59. The zero-order valence-electron chi connectivity index (χ0n) is 16.4. The lowest BCUT2D eigenvalue weighted by atomic mass is 9.90. The Hall–Kier alpha value is -2.70. The van der Waals surface area contributed by atoms with Crippen LogP contribution in [-0.2, 0) is 17.8 Å². The molecule has 1 N–H and O–H groups in total. The molecule has 0 radical (unpaired) electrons. The molecule has 152 valence electrons. The van der Waals surface area contributed by atoms with Crippen LogP contribution >= 0.6 is 0 Å². The number of hydrogen-bond acceptors (Lipinski definition) is 4. The van der Waals surface area contributed by atoms with E-state index in [2.05, 4.69) is 0 Å². The Bertz CT molecular complexity index is 1070. The zero-order valence-corrected chi connectivity index (χ0v) is 16.4. The van der Waals surface area contributed by atoms with E-state index in [-0.39, 0.29) is 22.8 Å². The van der Waals surface area contributed by atoms with Crippen LogP contribution in [0.4, 0.5) is 0 Å². The number of carboxylic acid groups (broad SMARTS) is 1. The second-order valence-electron chi connectivity index (χ2n) is 8.78. The highest BCUT2D eigenvalue weighted by Crippen LogP contribution is 2.59. The summed E-state index contributed by atoms with van der Waals surface area (Å²) < 4.78 is 1.79. The summed E-state index contributed by atoms with van der Waals surface area (Å²) in [7, 11) is 0. The van der Waals surface area contributed by atoms with Gasteiger partial charge in [0.2, 0.25) is 0 Å². The number of fused-ring (bicyclic) bond motifs is 2. The van der Waals surface area contributed by atoms with Crippen molar-refractivity contribution in [2.24, 2.45) is 11.3 Å². The first kappa shape index (κ1) is 18.3. The van der Waals surface area contributed by atoms with Crippen LogP contribution < -0.4 is 5.56 Å². The molecular weight excluding hydrogens is 370 g/mol. The van der Waals surface area contributed by atoms with Crippen LogP contribution in [-0.4, -0.2) is 44.5 Å². The molecular formula is C22H25N3O4. The van der Waals surface area contributed by atoms with Gasteiger partial charge in [0.1, 0.15) is 5.82 Å². The van der Waals surface area contributed by atoms with Crippen LogP contribution in [0.5, 0.6) is 0 Å². The van der Waals surface area contributed by atoms with E-state index >= 15 is 0 Å². The zero-order chi connectivity index (χ0) is 20.2. The quantitative estimate of drug-likeness (QED) is 0.843. The van der Waals surface area contributed by atoms with Crippen LogP contribution in [0.15, 0.2) is 23.0 Å². The van der Waals surface area contributed by atoms with Gasteiger partial charge < -0.3 is 10.0 Å². The number of likely N-dealkylation sites (tertiary alicyclic amines) is 1. The maximum atomic E-state index is 13.0. The molecule has 1 unspecified atom stereocenters. The Kier molecular flexibility index (Phi) is 4.22. The van der Waals surface area contributed by atoms with Crippen molar-refractivity contribution in [3.05, 3.63) is 39.9 Å². The molecule has 2 aliphatic heterocycles. The van der Waals surface area contributed by atoms with E-state index in [1.54, 1.807) is 27.7 Å². The number of carboxylic acids is 1. The van der Waals surface area contributed by atoms with Gasteiger partial charge in [0.25, 0.3) is 11.5 Å². The second-order valence-corrected chi connectivity index (χ2v) is 8.78. The van der Waals surface area contributed by atoms with Crippen LogP contribution in [0, 0.1) is 11.3 Å². The topological polar surface area (TPSA) is 92.5 Å². The molecule has 29 heavy (non-hydrogen) atoms. The van der Waals surface area contributed by atoms with E-state index in [4.69, 9.17) is 4.98 Å². The minimum absolute atomic E-state index is 0.0146. The van der Waals surface area contributed by atoms with Crippen molar-refractivity contribution in [1.29, 1.82) is 0 Å². The fraction of sp³-hybridized carbons (Fsp3) is 0.545. The summed E-state index contributed by atoms with van der Waals surface area (Å²) in [5.74, 6) is -0.201. The highest BCUT2D eigenvalue weighted by atomic mass is 16.4. The molecule has 3 aliphatic rings. The number of rotatable bonds is 2. The fourth-order valence-electron chi connectivity index (χ4n) is 5.14. The van der Waals surface area contributed by atoms with Crippen molar-refractivity contribution >= 4 is 22.8 Å². The van der Waals surface area contributed by atoms with E-state index in [0.29, 0.717) is 36.1 Å². The Morgan fingerprint density at radius 1 is 1.10 bits per heavy atom. The first-order valence-corrected chi connectivity index (χ1v) is 10.5. The third-order valence-electron chi connectivity index (χ3n) is 7.10. The highest BCUT2D eigenvalue weighted by molar-refractivity contribution is 5.97. The number of aryl methyl sites for hydroxylation is 1. The molecule has 1 aromatic carbocycles. The van der Waals surface area contributed by atoms with E-state index in [9.17, 15) is 19.5 Å². The number of hydrogen-bond donors (Lipinski definition) is 1. The van der Waals surface area contributed by atoms with Crippen molar-refractivity contribution in [3.63, 3.8) is 0 Å². The fourth-order valence-corrected chi connectivity index (χ4v) is 5.14. The van der Waals surface area contributed by atoms with Crippen molar-refractivity contribution in [1.82, 2.24) is 14.5 Å². The van der Waals surface area contributed by atoms with Gasteiger partial charge in [0.15, 0.2) is 0 Å². The molecule has 1 aliphatic carbocycles. The minimum atomic E-state index is -0.712. The molecule has 2 aromatic rings. The SMILES string of the molecule is O=C(O)C1CC12CCN(C(=O)c1ccc3c(=O)n4c(nc3c1)CCCCC4)CC2. The van der Waals surface area contributed by atoms with Gasteiger partial charge in [-0.25, -0.2) is 4.98 Å². The lowest BCUT2D eigenvalue weighted by molar-refractivity contribution is -0.139. The van der Waals surface area contributed by atoms with E-state index < -0.39 is 5.97 Å². The Balaban J connectivity index is 1.39. The van der Waals surface area contributed by atoms with Gasteiger partial charge in [-0.1, -0.05) is 6.42 Å². The van der Waals surface area contributed by atoms with Gasteiger partial charge in [0.05, 0.1) is 16.8 Å². The normalized spacial score (nSPS) is 22.9. The van der Waals surface area contributed by atoms with Crippen molar-refractivity contribution in [2.75, 3.05) is 13.1 Å². The standard InChI is InChI=1S/C22H25N3O4/c26-19(24-10-7-22(8-11-24)13-16(22)21(28)29)14-5-6-15-17(12-14)23-18-4-2-1-3-9-25(18)20(15)27/h5-6,12,16H,1-4,7-11,13H2,(H,28,29). The largest absolute Gasteiger partial charge is 0.481 e. The average Bonchev–Trinajstić information content (AvgIpc) is 3.47. The minimum Gasteiger partial charge on any atom is -0.481 e. The first-order valence-electron chi connectivity index (χ1n) is 10.5. The first-order chi connectivity index (χ1) is 14.0. The number of aromatic nitrogens is 2. The van der Waals surface area contributed by atoms with Crippen LogP contribution in [0.25, 0.3) is 10.9 Å². The molecule has 1 aromatic heterocycles. The molecule has 1 spiro atoms. The molecule has 1 saturated heterocycles. The van der Waals surface area contributed by atoms with E-state index in [0.717, 1.165) is 50.8 Å². The lowest BCUT2D eigenvalue weighted by Crippen LogP contribution is -2.40. The number of benzene rings is 1. The van der Waals surface area contributed by atoms with Gasteiger partial charge in [-0.2, -0.15) is 0 Å². The third-order valence-corrected chi connectivity index (χ3v) is 7.10. The van der Waals surface area contributed by atoms with Gasteiger partial charge >= 0.3 is 5.97 Å². The Morgan fingerprint density at radius 2 is 1.90 bits per heavy atom.